The van der Waals surface area contributed by atoms with E-state index in [-0.39, 0.29) is 0 Å². The van der Waals surface area contributed by atoms with Crippen LogP contribution in [0.15, 0.2) is 18.3 Å². The van der Waals surface area contributed by atoms with Crippen molar-refractivity contribution in [1.82, 2.24) is 19.7 Å². The molecule has 1 aromatic carbocycles. The molecule has 0 aliphatic carbocycles. The number of rotatable bonds is 5. The second-order valence-corrected chi connectivity index (χ2v) is 6.63. The lowest BCUT2D eigenvalue weighted by molar-refractivity contribution is 0.729. The standard InChI is InChI=1S/C17H19Cl2N5/c1-10-12(11(2)24(3)23-10)5-4-6-20-17-9-21-15-7-13(18)14(19)8-16(15)22-17/h7-9H,4-6H2,1-3H3,(H,20,22). The van der Waals surface area contributed by atoms with Crippen LogP contribution >= 0.6 is 23.2 Å². The molecule has 0 fully saturated rings. The largest absolute Gasteiger partial charge is 0.369 e. The first-order valence-electron chi connectivity index (χ1n) is 7.80. The summed E-state index contributed by atoms with van der Waals surface area (Å²) in [5.74, 6) is 0.737. The van der Waals surface area contributed by atoms with Crippen molar-refractivity contribution < 1.29 is 0 Å². The van der Waals surface area contributed by atoms with Crippen molar-refractivity contribution in [1.29, 1.82) is 0 Å². The molecule has 0 saturated heterocycles. The van der Waals surface area contributed by atoms with Crippen molar-refractivity contribution in [3.63, 3.8) is 0 Å². The summed E-state index contributed by atoms with van der Waals surface area (Å²) in [6, 6.07) is 3.46. The molecule has 0 unspecified atom stereocenters. The van der Waals surface area contributed by atoms with Gasteiger partial charge < -0.3 is 5.32 Å². The Kier molecular flexibility index (Phi) is 4.92. The fraction of sp³-hybridized carbons (Fsp3) is 0.353. The van der Waals surface area contributed by atoms with Gasteiger partial charge in [0.05, 0.1) is 33.0 Å². The second kappa shape index (κ2) is 6.95. The van der Waals surface area contributed by atoms with Crippen LogP contribution in [0.25, 0.3) is 11.0 Å². The maximum Gasteiger partial charge on any atom is 0.145 e. The zero-order valence-electron chi connectivity index (χ0n) is 13.9. The van der Waals surface area contributed by atoms with Gasteiger partial charge in [-0.1, -0.05) is 23.2 Å². The van der Waals surface area contributed by atoms with Crippen molar-refractivity contribution in [2.45, 2.75) is 26.7 Å². The minimum absolute atomic E-state index is 0.484. The van der Waals surface area contributed by atoms with Crippen LogP contribution < -0.4 is 5.32 Å². The van der Waals surface area contributed by atoms with E-state index in [4.69, 9.17) is 23.2 Å². The summed E-state index contributed by atoms with van der Waals surface area (Å²) in [5, 5.41) is 8.73. The predicted molar refractivity (Wildman–Crippen MR) is 99.1 cm³/mol. The molecular formula is C17H19Cl2N5. The molecule has 0 spiro atoms. The zero-order chi connectivity index (χ0) is 17.3. The van der Waals surface area contributed by atoms with E-state index >= 15 is 0 Å². The number of aromatic nitrogens is 4. The fourth-order valence-electron chi connectivity index (χ4n) is 2.75. The number of hydrogen-bond acceptors (Lipinski definition) is 4. The third kappa shape index (κ3) is 3.47. The lowest BCUT2D eigenvalue weighted by Gasteiger charge is -2.07. The molecular weight excluding hydrogens is 345 g/mol. The van der Waals surface area contributed by atoms with Gasteiger partial charge in [0.1, 0.15) is 5.82 Å². The van der Waals surface area contributed by atoms with Crippen molar-refractivity contribution in [2.24, 2.45) is 7.05 Å². The Hall–Kier alpha value is -1.85. The summed E-state index contributed by atoms with van der Waals surface area (Å²) < 4.78 is 1.93. The highest BCUT2D eigenvalue weighted by Crippen LogP contribution is 2.26. The molecule has 0 bridgehead atoms. The minimum Gasteiger partial charge on any atom is -0.369 e. The topological polar surface area (TPSA) is 55.6 Å². The monoisotopic (exact) mass is 363 g/mol. The van der Waals surface area contributed by atoms with E-state index < -0.39 is 0 Å². The molecule has 3 aromatic rings. The SMILES string of the molecule is Cc1nn(C)c(C)c1CCCNc1cnc2cc(Cl)c(Cl)cc2n1. The number of hydrogen-bond donors (Lipinski definition) is 1. The van der Waals surface area contributed by atoms with Gasteiger partial charge in [0.2, 0.25) is 0 Å². The second-order valence-electron chi connectivity index (χ2n) is 5.81. The molecule has 0 saturated carbocycles. The summed E-state index contributed by atoms with van der Waals surface area (Å²) in [5.41, 5.74) is 5.12. The highest BCUT2D eigenvalue weighted by atomic mass is 35.5. The number of aryl methyl sites for hydroxylation is 2. The van der Waals surface area contributed by atoms with Gasteiger partial charge in [-0.2, -0.15) is 5.10 Å². The Morgan fingerprint density at radius 1 is 1.12 bits per heavy atom. The molecule has 2 aromatic heterocycles. The first kappa shape index (κ1) is 17.0. The Labute approximate surface area is 151 Å². The smallest absolute Gasteiger partial charge is 0.145 e. The Morgan fingerprint density at radius 2 is 1.83 bits per heavy atom. The molecule has 0 aliphatic rings. The van der Waals surface area contributed by atoms with E-state index in [2.05, 4.69) is 34.2 Å². The van der Waals surface area contributed by atoms with Gasteiger partial charge in [0.15, 0.2) is 0 Å². The van der Waals surface area contributed by atoms with Crippen LogP contribution in [0.4, 0.5) is 5.82 Å². The van der Waals surface area contributed by atoms with Crippen LogP contribution in [-0.2, 0) is 13.5 Å². The van der Waals surface area contributed by atoms with E-state index in [0.717, 1.165) is 41.9 Å². The Balaban J connectivity index is 1.62. The zero-order valence-corrected chi connectivity index (χ0v) is 15.4. The predicted octanol–water partition coefficient (Wildman–Crippen LogP) is 4.33. The van der Waals surface area contributed by atoms with Crippen LogP contribution in [0.1, 0.15) is 23.4 Å². The summed E-state index contributed by atoms with van der Waals surface area (Å²) in [6.07, 6.45) is 3.70. The number of anilines is 1. The molecule has 7 heteroatoms. The summed E-state index contributed by atoms with van der Waals surface area (Å²) in [6.45, 7) is 4.97. The number of nitrogens with zero attached hydrogens (tertiary/aromatic N) is 4. The summed E-state index contributed by atoms with van der Waals surface area (Å²) in [4.78, 5) is 8.90. The highest BCUT2D eigenvalue weighted by Gasteiger charge is 2.09. The molecule has 24 heavy (non-hydrogen) atoms. The average Bonchev–Trinajstić information content (AvgIpc) is 2.78. The van der Waals surface area contributed by atoms with Gasteiger partial charge in [-0.25, -0.2) is 4.98 Å². The van der Waals surface area contributed by atoms with Crippen molar-refractivity contribution in [3.05, 3.63) is 45.3 Å². The van der Waals surface area contributed by atoms with E-state index in [1.807, 2.05) is 11.7 Å². The molecule has 2 heterocycles. The third-order valence-corrected chi connectivity index (χ3v) is 4.87. The Morgan fingerprint density at radius 3 is 2.50 bits per heavy atom. The molecule has 0 radical (unpaired) electrons. The van der Waals surface area contributed by atoms with E-state index in [0.29, 0.717) is 10.0 Å². The van der Waals surface area contributed by atoms with Gasteiger partial charge in [-0.3, -0.25) is 9.67 Å². The number of halogens is 2. The fourth-order valence-corrected chi connectivity index (χ4v) is 3.07. The van der Waals surface area contributed by atoms with Gasteiger partial charge in [-0.05, 0) is 44.4 Å². The summed E-state index contributed by atoms with van der Waals surface area (Å²) >= 11 is 12.0. The maximum absolute atomic E-state index is 6.04. The lowest BCUT2D eigenvalue weighted by atomic mass is 10.1. The minimum atomic E-state index is 0.484. The van der Waals surface area contributed by atoms with Crippen molar-refractivity contribution in [2.75, 3.05) is 11.9 Å². The van der Waals surface area contributed by atoms with Crippen LogP contribution in [0.5, 0.6) is 0 Å². The normalized spacial score (nSPS) is 11.2. The third-order valence-electron chi connectivity index (χ3n) is 4.15. The van der Waals surface area contributed by atoms with E-state index in [9.17, 15) is 0 Å². The quantitative estimate of drug-likeness (QED) is 0.685. The van der Waals surface area contributed by atoms with E-state index in [1.54, 1.807) is 18.3 Å². The molecule has 1 N–H and O–H groups in total. The molecule has 0 atom stereocenters. The molecule has 0 aliphatic heterocycles. The van der Waals surface area contributed by atoms with Crippen LogP contribution in [0, 0.1) is 13.8 Å². The maximum atomic E-state index is 6.04. The molecule has 5 nitrogen and oxygen atoms in total. The summed E-state index contributed by atoms with van der Waals surface area (Å²) in [7, 11) is 1.98. The van der Waals surface area contributed by atoms with E-state index in [1.165, 1.54) is 11.3 Å². The number of fused-ring (bicyclic) bond motifs is 1. The van der Waals surface area contributed by atoms with Crippen molar-refractivity contribution in [3.8, 4) is 0 Å². The first-order chi connectivity index (χ1) is 11.5. The molecule has 3 rings (SSSR count). The molecule has 126 valence electrons. The van der Waals surface area contributed by atoms with Crippen LogP contribution in [-0.4, -0.2) is 26.3 Å². The lowest BCUT2D eigenvalue weighted by Crippen LogP contribution is -2.06. The van der Waals surface area contributed by atoms with Crippen LogP contribution in [0.3, 0.4) is 0 Å². The molecule has 0 amide bonds. The van der Waals surface area contributed by atoms with Gasteiger partial charge in [-0.15, -0.1) is 0 Å². The average molecular weight is 364 g/mol. The van der Waals surface area contributed by atoms with Gasteiger partial charge in [0, 0.05) is 19.3 Å². The van der Waals surface area contributed by atoms with Crippen LogP contribution in [0.2, 0.25) is 10.0 Å². The number of nitrogens with one attached hydrogen (secondary N) is 1. The van der Waals surface area contributed by atoms with Gasteiger partial charge in [0.25, 0.3) is 0 Å². The first-order valence-corrected chi connectivity index (χ1v) is 8.56. The Bertz CT molecular complexity index is 888. The van der Waals surface area contributed by atoms with Gasteiger partial charge >= 0.3 is 0 Å². The highest BCUT2D eigenvalue weighted by molar-refractivity contribution is 6.42. The van der Waals surface area contributed by atoms with Crippen molar-refractivity contribution >= 4 is 40.1 Å². The number of benzene rings is 1.